The van der Waals surface area contributed by atoms with Crippen molar-refractivity contribution in [1.29, 1.82) is 0 Å². The number of nitrogens with zero attached hydrogens (tertiary/aromatic N) is 1. The molecular weight excluding hydrogens is 252 g/mol. The summed E-state index contributed by atoms with van der Waals surface area (Å²) in [5.41, 5.74) is -0.387. The molecule has 0 spiro atoms. The molecule has 3 rings (SSSR count). The molecule has 0 radical (unpaired) electrons. The topological polar surface area (TPSA) is 62.2 Å². The highest BCUT2D eigenvalue weighted by atomic mass is 35.5. The van der Waals surface area contributed by atoms with Gasteiger partial charge < -0.3 is 10.4 Å². The van der Waals surface area contributed by atoms with Gasteiger partial charge >= 0.3 is 0 Å². The summed E-state index contributed by atoms with van der Waals surface area (Å²) in [7, 11) is 0. The van der Waals surface area contributed by atoms with Gasteiger partial charge in [-0.1, -0.05) is 29.8 Å². The fraction of sp³-hybridized carbons (Fsp3) is 0.0769. The number of pyridine rings is 1. The van der Waals surface area contributed by atoms with E-state index in [0.717, 1.165) is 0 Å². The Bertz CT molecular complexity index is 627. The number of halogens is 1. The van der Waals surface area contributed by atoms with Crippen LogP contribution < -0.4 is 5.32 Å². The minimum atomic E-state index is -1.75. The molecule has 0 aliphatic carbocycles. The van der Waals surface area contributed by atoms with Crippen molar-refractivity contribution in [3.63, 3.8) is 0 Å². The SMILES string of the molecule is O=C1Nc2ccccc2C1(O)c1ccc(Cl)cn1. The summed E-state index contributed by atoms with van der Waals surface area (Å²) in [5.74, 6) is -0.501. The first-order valence-corrected chi connectivity index (χ1v) is 5.75. The van der Waals surface area contributed by atoms with Crippen LogP contribution in [0.15, 0.2) is 42.6 Å². The van der Waals surface area contributed by atoms with E-state index in [9.17, 15) is 9.90 Å². The van der Waals surface area contributed by atoms with Crippen molar-refractivity contribution in [3.05, 3.63) is 58.9 Å². The Balaban J connectivity index is 2.20. The standard InChI is InChI=1S/C13H9ClN2O2/c14-8-5-6-11(15-7-8)13(18)9-3-1-2-4-10(9)16-12(13)17/h1-7,18H,(H,16,17). The second-order valence-corrected chi connectivity index (χ2v) is 4.51. The van der Waals surface area contributed by atoms with E-state index in [4.69, 9.17) is 11.6 Å². The first kappa shape index (κ1) is 11.2. The van der Waals surface area contributed by atoms with Crippen LogP contribution in [0.2, 0.25) is 5.02 Å². The molecular formula is C13H9ClN2O2. The van der Waals surface area contributed by atoms with Crippen molar-refractivity contribution >= 4 is 23.2 Å². The van der Waals surface area contributed by atoms with Gasteiger partial charge in [0.05, 0.1) is 10.7 Å². The van der Waals surface area contributed by atoms with Crippen LogP contribution in [0.4, 0.5) is 5.69 Å². The molecule has 90 valence electrons. The van der Waals surface area contributed by atoms with E-state index in [1.807, 2.05) is 0 Å². The monoisotopic (exact) mass is 260 g/mol. The number of amides is 1. The van der Waals surface area contributed by atoms with Crippen LogP contribution in [-0.2, 0) is 10.4 Å². The van der Waals surface area contributed by atoms with Crippen molar-refractivity contribution in [3.8, 4) is 0 Å². The summed E-state index contributed by atoms with van der Waals surface area (Å²) in [6.45, 7) is 0. The van der Waals surface area contributed by atoms with Gasteiger partial charge in [-0.15, -0.1) is 0 Å². The first-order valence-electron chi connectivity index (χ1n) is 5.38. The smallest absolute Gasteiger partial charge is 0.267 e. The van der Waals surface area contributed by atoms with Crippen molar-refractivity contribution in [2.24, 2.45) is 0 Å². The summed E-state index contributed by atoms with van der Waals surface area (Å²) in [6, 6.07) is 10.1. The summed E-state index contributed by atoms with van der Waals surface area (Å²) in [5, 5.41) is 13.7. The molecule has 2 N–H and O–H groups in total. The quantitative estimate of drug-likeness (QED) is 0.824. The van der Waals surface area contributed by atoms with Gasteiger partial charge in [0, 0.05) is 17.4 Å². The van der Waals surface area contributed by atoms with Crippen LogP contribution in [0.3, 0.4) is 0 Å². The van der Waals surface area contributed by atoms with E-state index in [-0.39, 0.29) is 5.69 Å². The van der Waals surface area contributed by atoms with Gasteiger partial charge in [0.1, 0.15) is 0 Å². The number of anilines is 1. The number of aromatic nitrogens is 1. The van der Waals surface area contributed by atoms with E-state index in [2.05, 4.69) is 10.3 Å². The van der Waals surface area contributed by atoms with Gasteiger partial charge in [-0.2, -0.15) is 0 Å². The van der Waals surface area contributed by atoms with Gasteiger partial charge in [-0.05, 0) is 18.2 Å². The number of carbonyl (C=O) groups excluding carboxylic acids is 1. The number of rotatable bonds is 1. The maximum absolute atomic E-state index is 12.0. The van der Waals surface area contributed by atoms with Crippen molar-refractivity contribution < 1.29 is 9.90 Å². The summed E-state index contributed by atoms with van der Waals surface area (Å²) in [4.78, 5) is 16.0. The Hall–Kier alpha value is -1.91. The molecule has 5 heteroatoms. The van der Waals surface area contributed by atoms with Crippen molar-refractivity contribution in [2.45, 2.75) is 5.60 Å². The fourth-order valence-electron chi connectivity index (χ4n) is 2.09. The Morgan fingerprint density at radius 1 is 1.22 bits per heavy atom. The fourth-order valence-corrected chi connectivity index (χ4v) is 2.20. The van der Waals surface area contributed by atoms with Crippen molar-refractivity contribution in [2.75, 3.05) is 5.32 Å². The highest BCUT2D eigenvalue weighted by Crippen LogP contribution is 2.39. The molecule has 0 fully saturated rings. The Morgan fingerprint density at radius 3 is 2.72 bits per heavy atom. The second kappa shape index (κ2) is 3.80. The lowest BCUT2D eigenvalue weighted by Gasteiger charge is -2.19. The van der Waals surface area contributed by atoms with Gasteiger partial charge in [-0.25, -0.2) is 0 Å². The van der Waals surface area contributed by atoms with E-state index >= 15 is 0 Å². The maximum atomic E-state index is 12.0. The Kier molecular flexibility index (Phi) is 2.36. The van der Waals surface area contributed by atoms with Crippen LogP contribution >= 0.6 is 11.6 Å². The van der Waals surface area contributed by atoms with E-state index in [0.29, 0.717) is 16.3 Å². The zero-order valence-corrected chi connectivity index (χ0v) is 9.98. The highest BCUT2D eigenvalue weighted by molar-refractivity contribution is 6.30. The van der Waals surface area contributed by atoms with E-state index in [1.54, 1.807) is 36.4 Å². The average molecular weight is 261 g/mol. The van der Waals surface area contributed by atoms with Crippen LogP contribution in [-0.4, -0.2) is 16.0 Å². The highest BCUT2D eigenvalue weighted by Gasteiger charge is 2.47. The number of aliphatic hydroxyl groups is 1. The summed E-state index contributed by atoms with van der Waals surface area (Å²) >= 11 is 5.76. The molecule has 1 unspecified atom stereocenters. The molecule has 1 aromatic carbocycles. The Labute approximate surface area is 108 Å². The number of benzene rings is 1. The molecule has 2 aromatic rings. The number of para-hydroxylation sites is 1. The lowest BCUT2D eigenvalue weighted by atomic mass is 9.91. The molecule has 1 atom stereocenters. The van der Waals surface area contributed by atoms with Gasteiger partial charge in [0.2, 0.25) is 5.60 Å². The number of hydrogen-bond acceptors (Lipinski definition) is 3. The average Bonchev–Trinajstić information content (AvgIpc) is 2.64. The molecule has 1 aliphatic heterocycles. The van der Waals surface area contributed by atoms with Crippen LogP contribution in [0.25, 0.3) is 0 Å². The molecule has 18 heavy (non-hydrogen) atoms. The molecule has 4 nitrogen and oxygen atoms in total. The predicted molar refractivity (Wildman–Crippen MR) is 67.3 cm³/mol. The lowest BCUT2D eigenvalue weighted by molar-refractivity contribution is -0.130. The largest absolute Gasteiger partial charge is 0.370 e. The third kappa shape index (κ3) is 1.43. The number of fused-ring (bicyclic) bond motifs is 1. The third-order valence-electron chi connectivity index (χ3n) is 2.99. The molecule has 1 amide bonds. The zero-order valence-electron chi connectivity index (χ0n) is 9.22. The molecule has 2 heterocycles. The molecule has 1 aliphatic rings. The third-order valence-corrected chi connectivity index (χ3v) is 3.22. The van der Waals surface area contributed by atoms with Crippen LogP contribution in [0.1, 0.15) is 11.3 Å². The van der Waals surface area contributed by atoms with Crippen LogP contribution in [0.5, 0.6) is 0 Å². The molecule has 1 aromatic heterocycles. The normalized spacial score (nSPS) is 21.6. The maximum Gasteiger partial charge on any atom is 0.267 e. The zero-order chi connectivity index (χ0) is 12.8. The second-order valence-electron chi connectivity index (χ2n) is 4.07. The van der Waals surface area contributed by atoms with Gasteiger partial charge in [0.25, 0.3) is 5.91 Å². The summed E-state index contributed by atoms with van der Waals surface area (Å²) in [6.07, 6.45) is 1.41. The number of nitrogens with one attached hydrogen (secondary N) is 1. The number of carbonyl (C=O) groups is 1. The first-order chi connectivity index (χ1) is 8.62. The molecule has 0 saturated carbocycles. The van der Waals surface area contributed by atoms with E-state index in [1.165, 1.54) is 6.20 Å². The van der Waals surface area contributed by atoms with Gasteiger partial charge in [0.15, 0.2) is 0 Å². The molecule has 0 bridgehead atoms. The van der Waals surface area contributed by atoms with Gasteiger partial charge in [-0.3, -0.25) is 9.78 Å². The Morgan fingerprint density at radius 2 is 2.00 bits per heavy atom. The van der Waals surface area contributed by atoms with Crippen LogP contribution in [0, 0.1) is 0 Å². The van der Waals surface area contributed by atoms with Crippen molar-refractivity contribution in [1.82, 2.24) is 4.98 Å². The predicted octanol–water partition coefficient (Wildman–Crippen LogP) is 1.92. The summed E-state index contributed by atoms with van der Waals surface area (Å²) < 4.78 is 0. The molecule has 0 saturated heterocycles. The lowest BCUT2D eigenvalue weighted by Crippen LogP contribution is -2.36. The van der Waals surface area contributed by atoms with E-state index < -0.39 is 11.5 Å². The number of hydrogen-bond donors (Lipinski definition) is 2. The minimum absolute atomic E-state index is 0.259. The minimum Gasteiger partial charge on any atom is -0.370 e.